The van der Waals surface area contributed by atoms with Crippen LogP contribution in [0.2, 0.25) is 0 Å². The van der Waals surface area contributed by atoms with Gasteiger partial charge in [0.15, 0.2) is 0 Å². The molecule has 1 fully saturated rings. The fourth-order valence-corrected chi connectivity index (χ4v) is 2.41. The number of hydrogen-bond donors (Lipinski definition) is 2. The van der Waals surface area contributed by atoms with Crippen molar-refractivity contribution in [3.8, 4) is 0 Å². The highest BCUT2D eigenvalue weighted by Gasteiger charge is 2.39. The summed E-state index contributed by atoms with van der Waals surface area (Å²) in [4.78, 5) is 12.9. The van der Waals surface area contributed by atoms with Gasteiger partial charge in [-0.1, -0.05) is 31.2 Å². The van der Waals surface area contributed by atoms with Crippen LogP contribution in [0.15, 0.2) is 24.3 Å². The van der Waals surface area contributed by atoms with Gasteiger partial charge in [0, 0.05) is 19.6 Å². The third-order valence-electron chi connectivity index (χ3n) is 3.55. The number of benzene rings is 1. The van der Waals surface area contributed by atoms with Gasteiger partial charge in [-0.3, -0.25) is 9.69 Å². The van der Waals surface area contributed by atoms with Crippen LogP contribution >= 0.6 is 0 Å². The first kappa shape index (κ1) is 13.1. The summed E-state index contributed by atoms with van der Waals surface area (Å²) in [7, 11) is 0. The number of rotatable bonds is 5. The molecule has 0 spiro atoms. The zero-order valence-corrected chi connectivity index (χ0v) is 10.6. The first-order valence-electron chi connectivity index (χ1n) is 6.26. The Morgan fingerprint density at radius 2 is 1.94 bits per heavy atom. The molecule has 4 heteroatoms. The van der Waals surface area contributed by atoms with Gasteiger partial charge in [0.1, 0.15) is 0 Å². The van der Waals surface area contributed by atoms with Crippen molar-refractivity contribution >= 4 is 5.97 Å². The van der Waals surface area contributed by atoms with Crippen molar-refractivity contribution in [1.29, 1.82) is 0 Å². The van der Waals surface area contributed by atoms with E-state index in [1.165, 1.54) is 0 Å². The summed E-state index contributed by atoms with van der Waals surface area (Å²) in [6.07, 6.45) is 0.822. The second-order valence-electron chi connectivity index (χ2n) is 5.06. The SMILES string of the molecule is CCC1(O)CN(Cc2ccccc2CC(=O)O)C1. The van der Waals surface area contributed by atoms with Gasteiger partial charge < -0.3 is 10.2 Å². The number of carbonyl (C=O) groups is 1. The van der Waals surface area contributed by atoms with E-state index in [4.69, 9.17) is 5.11 Å². The van der Waals surface area contributed by atoms with Crippen molar-refractivity contribution < 1.29 is 15.0 Å². The Morgan fingerprint density at radius 3 is 2.50 bits per heavy atom. The van der Waals surface area contributed by atoms with Crippen molar-refractivity contribution in [2.75, 3.05) is 13.1 Å². The molecule has 0 radical (unpaired) electrons. The molecular formula is C14H19NO3. The predicted molar refractivity (Wildman–Crippen MR) is 68.3 cm³/mol. The van der Waals surface area contributed by atoms with Crippen molar-refractivity contribution in [3.63, 3.8) is 0 Å². The van der Waals surface area contributed by atoms with Crippen molar-refractivity contribution in [2.45, 2.75) is 31.9 Å². The normalized spacial score (nSPS) is 18.3. The van der Waals surface area contributed by atoms with Crippen molar-refractivity contribution in [3.05, 3.63) is 35.4 Å². The number of aliphatic carboxylic acids is 1. The third kappa shape index (κ3) is 2.89. The highest BCUT2D eigenvalue weighted by Crippen LogP contribution is 2.26. The Morgan fingerprint density at radius 1 is 1.33 bits per heavy atom. The van der Waals surface area contributed by atoms with Crippen LogP contribution in [-0.4, -0.2) is 39.8 Å². The lowest BCUT2D eigenvalue weighted by molar-refractivity contribution is -0.136. The van der Waals surface area contributed by atoms with Crippen LogP contribution in [0, 0.1) is 0 Å². The summed E-state index contributed by atoms with van der Waals surface area (Å²) in [6.45, 7) is 4.04. The molecule has 0 aliphatic carbocycles. The minimum Gasteiger partial charge on any atom is -0.481 e. The molecule has 2 rings (SSSR count). The highest BCUT2D eigenvalue weighted by atomic mass is 16.4. The van der Waals surface area contributed by atoms with Crippen molar-refractivity contribution in [1.82, 2.24) is 4.90 Å². The fraction of sp³-hybridized carbons (Fsp3) is 0.500. The van der Waals surface area contributed by atoms with E-state index < -0.39 is 11.6 Å². The van der Waals surface area contributed by atoms with E-state index in [0.29, 0.717) is 19.6 Å². The van der Waals surface area contributed by atoms with E-state index in [1.807, 2.05) is 31.2 Å². The number of carboxylic acids is 1. The second kappa shape index (κ2) is 5.08. The summed E-state index contributed by atoms with van der Waals surface area (Å²) in [5.41, 5.74) is 1.36. The number of aliphatic hydroxyl groups is 1. The van der Waals surface area contributed by atoms with E-state index in [0.717, 1.165) is 17.5 Å². The maximum Gasteiger partial charge on any atom is 0.307 e. The standard InChI is InChI=1S/C14H19NO3/c1-2-14(18)9-15(10-14)8-12-6-4-3-5-11(12)7-13(16)17/h3-6,18H,2,7-10H2,1H3,(H,16,17). The smallest absolute Gasteiger partial charge is 0.307 e. The molecule has 2 N–H and O–H groups in total. The van der Waals surface area contributed by atoms with Gasteiger partial charge in [-0.15, -0.1) is 0 Å². The summed E-state index contributed by atoms with van der Waals surface area (Å²) in [5.74, 6) is -0.809. The molecule has 1 saturated heterocycles. The molecule has 0 unspecified atom stereocenters. The first-order valence-corrected chi connectivity index (χ1v) is 6.26. The minimum atomic E-state index is -0.809. The molecule has 1 aromatic rings. The average Bonchev–Trinajstić information content (AvgIpc) is 2.28. The highest BCUT2D eigenvalue weighted by molar-refractivity contribution is 5.70. The molecule has 0 amide bonds. The van der Waals surface area contributed by atoms with Gasteiger partial charge in [-0.25, -0.2) is 0 Å². The summed E-state index contributed by atoms with van der Waals surface area (Å²) >= 11 is 0. The van der Waals surface area contributed by atoms with Gasteiger partial charge in [-0.2, -0.15) is 0 Å². The Labute approximate surface area is 107 Å². The van der Waals surface area contributed by atoms with E-state index in [9.17, 15) is 9.90 Å². The maximum atomic E-state index is 10.8. The van der Waals surface area contributed by atoms with Gasteiger partial charge in [0.2, 0.25) is 0 Å². The van der Waals surface area contributed by atoms with Gasteiger partial charge in [-0.05, 0) is 17.5 Å². The van der Waals surface area contributed by atoms with Crippen LogP contribution in [0.5, 0.6) is 0 Å². The zero-order valence-electron chi connectivity index (χ0n) is 10.6. The Balaban J connectivity index is 2.00. The second-order valence-corrected chi connectivity index (χ2v) is 5.06. The third-order valence-corrected chi connectivity index (χ3v) is 3.55. The average molecular weight is 249 g/mol. The van der Waals surface area contributed by atoms with Crippen LogP contribution in [0.3, 0.4) is 0 Å². The lowest BCUT2D eigenvalue weighted by Gasteiger charge is -2.46. The molecule has 0 saturated carbocycles. The molecule has 0 atom stereocenters. The molecule has 1 heterocycles. The Kier molecular flexibility index (Phi) is 3.68. The maximum absolute atomic E-state index is 10.8. The summed E-state index contributed by atoms with van der Waals surface area (Å²) < 4.78 is 0. The van der Waals surface area contributed by atoms with Gasteiger partial charge in [0.05, 0.1) is 12.0 Å². The van der Waals surface area contributed by atoms with Crippen LogP contribution in [0.25, 0.3) is 0 Å². The monoisotopic (exact) mass is 249 g/mol. The zero-order chi connectivity index (χ0) is 13.2. The lowest BCUT2D eigenvalue weighted by Crippen LogP contribution is -2.60. The van der Waals surface area contributed by atoms with E-state index in [-0.39, 0.29) is 6.42 Å². The number of hydrogen-bond acceptors (Lipinski definition) is 3. The first-order chi connectivity index (χ1) is 8.52. The number of β-amino-alcohol motifs (C(OH)–C–C–N with tert-alkyl or cyclic N) is 1. The molecule has 1 aliphatic heterocycles. The predicted octanol–water partition coefficient (Wildman–Crippen LogP) is 1.27. The Hall–Kier alpha value is -1.39. The van der Waals surface area contributed by atoms with Crippen LogP contribution in [0.4, 0.5) is 0 Å². The molecule has 18 heavy (non-hydrogen) atoms. The number of nitrogens with zero attached hydrogens (tertiary/aromatic N) is 1. The lowest BCUT2D eigenvalue weighted by atomic mass is 9.90. The minimum absolute atomic E-state index is 0.0576. The van der Waals surface area contributed by atoms with Crippen LogP contribution in [-0.2, 0) is 17.8 Å². The molecule has 1 aromatic carbocycles. The number of likely N-dealkylation sites (tertiary alicyclic amines) is 1. The van der Waals surface area contributed by atoms with Crippen LogP contribution in [0.1, 0.15) is 24.5 Å². The van der Waals surface area contributed by atoms with Gasteiger partial charge in [0.25, 0.3) is 0 Å². The van der Waals surface area contributed by atoms with E-state index in [2.05, 4.69) is 4.90 Å². The molecular weight excluding hydrogens is 230 g/mol. The molecule has 1 aliphatic rings. The molecule has 0 bridgehead atoms. The van der Waals surface area contributed by atoms with E-state index >= 15 is 0 Å². The molecule has 98 valence electrons. The van der Waals surface area contributed by atoms with Crippen LogP contribution < -0.4 is 0 Å². The van der Waals surface area contributed by atoms with Gasteiger partial charge >= 0.3 is 5.97 Å². The molecule has 0 aromatic heterocycles. The summed E-state index contributed by atoms with van der Waals surface area (Å²) in [6, 6.07) is 7.60. The topological polar surface area (TPSA) is 60.8 Å². The summed E-state index contributed by atoms with van der Waals surface area (Å²) in [5, 5.41) is 18.8. The van der Waals surface area contributed by atoms with Crippen molar-refractivity contribution in [2.24, 2.45) is 0 Å². The Bertz CT molecular complexity index is 438. The number of carboxylic acid groups (broad SMARTS) is 1. The fourth-order valence-electron chi connectivity index (χ4n) is 2.41. The van der Waals surface area contributed by atoms with E-state index in [1.54, 1.807) is 0 Å². The quantitative estimate of drug-likeness (QED) is 0.825. The largest absolute Gasteiger partial charge is 0.481 e. The molecule has 4 nitrogen and oxygen atoms in total.